The third kappa shape index (κ3) is 7.03. The highest BCUT2D eigenvalue weighted by Crippen LogP contribution is 2.45. The normalized spacial score (nSPS) is 13.7. The number of alkyl halides is 3. The lowest BCUT2D eigenvalue weighted by Gasteiger charge is -2.24. The zero-order valence-corrected chi connectivity index (χ0v) is 22.3. The van der Waals surface area contributed by atoms with Crippen molar-refractivity contribution in [3.8, 4) is 5.75 Å². The molecule has 0 bridgehead atoms. The van der Waals surface area contributed by atoms with Gasteiger partial charge in [-0.15, -0.1) is 0 Å². The van der Waals surface area contributed by atoms with Gasteiger partial charge in [0.05, 0.1) is 36.8 Å². The van der Waals surface area contributed by atoms with Gasteiger partial charge >= 0.3 is 19.2 Å². The van der Waals surface area contributed by atoms with E-state index >= 15 is 0 Å². The van der Waals surface area contributed by atoms with Crippen LogP contribution in [0.2, 0.25) is 0 Å². The van der Waals surface area contributed by atoms with E-state index in [1.807, 2.05) is 36.4 Å². The van der Waals surface area contributed by atoms with Gasteiger partial charge in [0.25, 0.3) is 5.91 Å². The van der Waals surface area contributed by atoms with Crippen molar-refractivity contribution in [2.24, 2.45) is 0 Å². The number of hydrogen-bond acceptors (Lipinski definition) is 7. The van der Waals surface area contributed by atoms with Gasteiger partial charge in [0.2, 0.25) is 0 Å². The van der Waals surface area contributed by atoms with Crippen LogP contribution in [0.3, 0.4) is 0 Å². The van der Waals surface area contributed by atoms with Gasteiger partial charge in [-0.25, -0.2) is 4.79 Å². The number of benzene rings is 3. The summed E-state index contributed by atoms with van der Waals surface area (Å²) in [6.45, 7) is 2.82. The maximum atomic E-state index is 14.1. The van der Waals surface area contributed by atoms with Crippen LogP contribution >= 0.6 is 7.37 Å². The SMILES string of the molecule is O=C([O-])C(F)(F)F.O=C(c1cc2ccc(OP(=O)(c3ccccc3)c3ccccc3)cc2oc1=O)N1CC[NH2+]CC1. The lowest BCUT2D eigenvalue weighted by molar-refractivity contribution is -0.661. The Morgan fingerprint density at radius 2 is 1.44 bits per heavy atom. The fraction of sp³-hybridized carbons (Fsp3) is 0.179. The van der Waals surface area contributed by atoms with Gasteiger partial charge in [-0.3, -0.25) is 9.36 Å². The second kappa shape index (κ2) is 12.4. The van der Waals surface area contributed by atoms with Crippen LogP contribution in [0.5, 0.6) is 5.75 Å². The van der Waals surface area contributed by atoms with Crippen molar-refractivity contribution in [2.75, 3.05) is 26.2 Å². The largest absolute Gasteiger partial charge is 0.542 e. The van der Waals surface area contributed by atoms with E-state index in [0.29, 0.717) is 34.8 Å². The molecule has 0 atom stereocenters. The molecule has 41 heavy (non-hydrogen) atoms. The number of carbonyl (C=O) groups excluding carboxylic acids is 2. The Morgan fingerprint density at radius 1 is 0.902 bits per heavy atom. The standard InChI is InChI=1S/C26H23N2O5P.C2HF3O2/c29-25(28-15-13-27-14-16-28)23-17-19-11-12-20(18-24(19)32-26(23)30)33-34(31,21-7-3-1-4-8-21)22-9-5-2-6-10-22;3-2(4,5)1(6)7/h1-12,17-18,27H,13-16H2;(H,6,7). The quantitative estimate of drug-likeness (QED) is 0.275. The van der Waals surface area contributed by atoms with Crippen molar-refractivity contribution in [2.45, 2.75) is 6.18 Å². The summed E-state index contributed by atoms with van der Waals surface area (Å²) in [5.41, 5.74) is -0.417. The van der Waals surface area contributed by atoms with E-state index in [0.717, 1.165) is 13.1 Å². The number of fused-ring (bicyclic) bond motifs is 1. The smallest absolute Gasteiger partial charge is 0.430 e. The van der Waals surface area contributed by atoms with E-state index in [9.17, 15) is 27.3 Å². The Morgan fingerprint density at radius 3 is 1.95 bits per heavy atom. The number of rotatable bonds is 5. The number of quaternary nitrogens is 1. The van der Waals surface area contributed by atoms with Gasteiger partial charge in [0.1, 0.15) is 22.9 Å². The third-order valence-electron chi connectivity index (χ3n) is 6.09. The first-order chi connectivity index (χ1) is 19.5. The molecule has 1 saturated heterocycles. The minimum absolute atomic E-state index is 0.0160. The van der Waals surface area contributed by atoms with E-state index in [-0.39, 0.29) is 17.1 Å². The van der Waals surface area contributed by atoms with Crippen molar-refractivity contribution in [3.05, 3.63) is 101 Å². The molecule has 1 fully saturated rings. The second-order valence-corrected chi connectivity index (χ2v) is 11.2. The summed E-state index contributed by atoms with van der Waals surface area (Å²) in [7, 11) is -3.46. The lowest BCUT2D eigenvalue weighted by Crippen LogP contribution is -2.89. The highest BCUT2D eigenvalue weighted by Gasteiger charge is 2.31. The Hall–Kier alpha value is -4.41. The van der Waals surface area contributed by atoms with Crippen LogP contribution in [0.15, 0.2) is 94.1 Å². The highest BCUT2D eigenvalue weighted by molar-refractivity contribution is 7.74. The average molecular weight is 588 g/mol. The molecule has 5 rings (SSSR count). The minimum atomic E-state index is -5.19. The number of aliphatic carboxylic acids is 1. The van der Waals surface area contributed by atoms with Gasteiger partial charge in [-0.1, -0.05) is 36.4 Å². The topological polar surface area (TPSA) is 134 Å². The molecule has 0 spiro atoms. The molecular weight excluding hydrogens is 564 g/mol. The Bertz CT molecular complexity index is 1590. The number of nitrogens with zero attached hydrogens (tertiary/aromatic N) is 1. The van der Waals surface area contributed by atoms with Crippen molar-refractivity contribution in [3.63, 3.8) is 0 Å². The monoisotopic (exact) mass is 588 g/mol. The Kier molecular flexibility index (Phi) is 8.95. The molecule has 214 valence electrons. The minimum Gasteiger partial charge on any atom is -0.542 e. The van der Waals surface area contributed by atoms with Gasteiger partial charge in [-0.2, -0.15) is 13.2 Å². The van der Waals surface area contributed by atoms with Crippen LogP contribution in [-0.2, 0) is 9.36 Å². The van der Waals surface area contributed by atoms with E-state index in [1.54, 1.807) is 53.4 Å². The second-order valence-electron chi connectivity index (χ2n) is 8.90. The fourth-order valence-corrected chi connectivity index (χ4v) is 6.12. The molecule has 1 amide bonds. The molecule has 0 saturated carbocycles. The molecule has 0 radical (unpaired) electrons. The molecule has 9 nitrogen and oxygen atoms in total. The van der Waals surface area contributed by atoms with Gasteiger partial charge in [0.15, 0.2) is 0 Å². The Balaban J connectivity index is 0.000000493. The molecule has 0 aliphatic carbocycles. The van der Waals surface area contributed by atoms with E-state index < -0.39 is 25.1 Å². The number of piperazine rings is 1. The van der Waals surface area contributed by atoms with Crippen LogP contribution in [0.4, 0.5) is 13.2 Å². The first-order valence-electron chi connectivity index (χ1n) is 12.4. The number of amides is 1. The zero-order chi connectivity index (χ0) is 29.6. The summed E-state index contributed by atoms with van der Waals surface area (Å²) >= 11 is 0. The predicted molar refractivity (Wildman–Crippen MR) is 141 cm³/mol. The number of carboxylic acid groups (broad SMARTS) is 1. The van der Waals surface area contributed by atoms with Gasteiger partial charge < -0.3 is 29.1 Å². The summed E-state index contributed by atoms with van der Waals surface area (Å²) < 4.78 is 57.3. The fourth-order valence-electron chi connectivity index (χ4n) is 4.07. The summed E-state index contributed by atoms with van der Waals surface area (Å²) in [6, 6.07) is 24.5. The third-order valence-corrected chi connectivity index (χ3v) is 8.51. The van der Waals surface area contributed by atoms with Crippen LogP contribution < -0.4 is 31.2 Å². The van der Waals surface area contributed by atoms with E-state index in [4.69, 9.17) is 18.8 Å². The molecule has 4 aromatic rings. The average Bonchev–Trinajstić information content (AvgIpc) is 2.97. The van der Waals surface area contributed by atoms with Crippen molar-refractivity contribution in [1.29, 1.82) is 0 Å². The lowest BCUT2D eigenvalue weighted by atomic mass is 10.1. The maximum absolute atomic E-state index is 14.1. The predicted octanol–water partition coefficient (Wildman–Crippen LogP) is 1.42. The first-order valence-corrected chi connectivity index (χ1v) is 14.0. The van der Waals surface area contributed by atoms with Crippen LogP contribution in [0.1, 0.15) is 10.4 Å². The molecule has 3 aromatic carbocycles. The summed E-state index contributed by atoms with van der Waals surface area (Å²) in [5, 5.41) is 12.6. The Labute approximate surface area is 231 Å². The van der Waals surface area contributed by atoms with Crippen LogP contribution in [0, 0.1) is 0 Å². The molecule has 1 aliphatic heterocycles. The number of halogens is 3. The molecule has 2 heterocycles. The van der Waals surface area contributed by atoms with Crippen LogP contribution in [0.25, 0.3) is 11.0 Å². The molecule has 1 aromatic heterocycles. The number of carbonyl (C=O) groups is 2. The number of carboxylic acids is 1. The summed E-state index contributed by atoms with van der Waals surface area (Å²) in [6.07, 6.45) is -5.19. The number of nitrogens with two attached hydrogens (primary N) is 1. The molecule has 2 N–H and O–H groups in total. The first kappa shape index (κ1) is 29.6. The summed E-state index contributed by atoms with van der Waals surface area (Å²) in [5.74, 6) is -3.02. The molecule has 1 aliphatic rings. The molecule has 13 heteroatoms. The highest BCUT2D eigenvalue weighted by atomic mass is 31.2. The van der Waals surface area contributed by atoms with Crippen molar-refractivity contribution >= 4 is 40.8 Å². The molecular formula is C28H24F3N2O7P. The van der Waals surface area contributed by atoms with E-state index in [1.165, 1.54) is 0 Å². The maximum Gasteiger partial charge on any atom is 0.430 e. The van der Waals surface area contributed by atoms with Crippen molar-refractivity contribution in [1.82, 2.24) is 4.90 Å². The van der Waals surface area contributed by atoms with Crippen LogP contribution in [-0.4, -0.2) is 49.1 Å². The molecule has 0 unspecified atom stereocenters. The summed E-state index contributed by atoms with van der Waals surface area (Å²) in [4.78, 5) is 35.9. The van der Waals surface area contributed by atoms with Gasteiger partial charge in [-0.05, 0) is 42.5 Å². The van der Waals surface area contributed by atoms with E-state index in [2.05, 4.69) is 5.32 Å². The number of hydrogen-bond donors (Lipinski definition) is 1. The van der Waals surface area contributed by atoms with Gasteiger partial charge in [0, 0.05) is 11.5 Å². The van der Waals surface area contributed by atoms with Crippen molar-refractivity contribution < 1.29 is 46.7 Å². The zero-order valence-electron chi connectivity index (χ0n) is 21.4.